The highest BCUT2D eigenvalue weighted by Crippen LogP contribution is 2.23. The van der Waals surface area contributed by atoms with Gasteiger partial charge in [-0.1, -0.05) is 28.1 Å². The Bertz CT molecular complexity index is 294. The van der Waals surface area contributed by atoms with Gasteiger partial charge in [0.1, 0.15) is 0 Å². The lowest BCUT2D eigenvalue weighted by Crippen LogP contribution is -2.11. The zero-order chi connectivity index (χ0) is 9.84. The summed E-state index contributed by atoms with van der Waals surface area (Å²) in [6, 6.07) is 4.38. The largest absolute Gasteiger partial charge is 0.319 e. The van der Waals surface area contributed by atoms with Gasteiger partial charge in [-0.05, 0) is 50.6 Å². The van der Waals surface area contributed by atoms with Gasteiger partial charge in [0.15, 0.2) is 0 Å². The van der Waals surface area contributed by atoms with Gasteiger partial charge in [-0.15, -0.1) is 0 Å². The van der Waals surface area contributed by atoms with E-state index in [1.165, 1.54) is 21.2 Å². The van der Waals surface area contributed by atoms with Gasteiger partial charge >= 0.3 is 0 Å². The fourth-order valence-corrected chi connectivity index (χ4v) is 1.78. The Labute approximate surface area is 88.7 Å². The van der Waals surface area contributed by atoms with Crippen LogP contribution < -0.4 is 5.32 Å². The van der Waals surface area contributed by atoms with Gasteiger partial charge in [0, 0.05) is 4.47 Å². The van der Waals surface area contributed by atoms with Crippen molar-refractivity contribution in [3.05, 3.63) is 33.3 Å². The molecule has 0 aliphatic rings. The van der Waals surface area contributed by atoms with E-state index >= 15 is 0 Å². The molecule has 72 valence electrons. The molecule has 1 nitrogen and oxygen atoms in total. The average molecular weight is 242 g/mol. The second-order valence-corrected chi connectivity index (χ2v) is 4.13. The third-order valence-corrected chi connectivity index (χ3v) is 3.56. The lowest BCUT2D eigenvalue weighted by molar-refractivity contribution is 0.788. The topological polar surface area (TPSA) is 12.0 Å². The maximum Gasteiger partial charge on any atom is 0.0236 e. The first kappa shape index (κ1) is 10.7. The molecule has 0 aliphatic carbocycles. The summed E-state index contributed by atoms with van der Waals surface area (Å²) in [4.78, 5) is 0. The lowest BCUT2D eigenvalue weighted by Gasteiger charge is -2.09. The van der Waals surface area contributed by atoms with E-state index in [-0.39, 0.29) is 0 Å². The summed E-state index contributed by atoms with van der Waals surface area (Å²) in [6.07, 6.45) is 1.10. The van der Waals surface area contributed by atoms with Gasteiger partial charge in [-0.25, -0.2) is 0 Å². The quantitative estimate of drug-likeness (QED) is 0.859. The second kappa shape index (κ2) is 4.77. The zero-order valence-corrected chi connectivity index (χ0v) is 10.0. The Balaban J connectivity index is 2.90. The van der Waals surface area contributed by atoms with E-state index in [1.54, 1.807) is 0 Å². The van der Waals surface area contributed by atoms with Gasteiger partial charge in [0.25, 0.3) is 0 Å². The third kappa shape index (κ3) is 2.55. The number of benzene rings is 1. The minimum absolute atomic E-state index is 1.04. The van der Waals surface area contributed by atoms with Crippen LogP contribution in [0.2, 0.25) is 0 Å². The Hall–Kier alpha value is -0.340. The predicted octanol–water partition coefficient (Wildman–Crippen LogP) is 2.83. The molecular weight excluding hydrogens is 226 g/mol. The number of rotatable bonds is 3. The van der Waals surface area contributed by atoms with Crippen molar-refractivity contribution >= 4 is 15.9 Å². The van der Waals surface area contributed by atoms with Crippen molar-refractivity contribution in [2.45, 2.75) is 20.3 Å². The van der Waals surface area contributed by atoms with Crippen LogP contribution in [0, 0.1) is 13.8 Å². The lowest BCUT2D eigenvalue weighted by atomic mass is 10.0. The van der Waals surface area contributed by atoms with E-state index < -0.39 is 0 Å². The normalized spacial score (nSPS) is 10.5. The zero-order valence-electron chi connectivity index (χ0n) is 8.45. The molecule has 1 N–H and O–H groups in total. The molecule has 0 saturated carbocycles. The minimum atomic E-state index is 1.04. The summed E-state index contributed by atoms with van der Waals surface area (Å²) in [7, 11) is 1.98. The fourth-order valence-electron chi connectivity index (χ4n) is 1.39. The maximum absolute atomic E-state index is 3.60. The van der Waals surface area contributed by atoms with Crippen LogP contribution in [0.1, 0.15) is 16.7 Å². The molecule has 1 aromatic rings. The van der Waals surface area contributed by atoms with Crippen molar-refractivity contribution in [1.29, 1.82) is 0 Å². The first-order valence-corrected chi connectivity index (χ1v) is 5.35. The molecule has 0 saturated heterocycles. The smallest absolute Gasteiger partial charge is 0.0236 e. The average Bonchev–Trinajstić information content (AvgIpc) is 2.13. The molecule has 0 aromatic heterocycles. The van der Waals surface area contributed by atoms with Gasteiger partial charge in [-0.3, -0.25) is 0 Å². The first-order chi connectivity index (χ1) is 6.16. The molecule has 1 aromatic carbocycles. The molecule has 0 spiro atoms. The number of nitrogens with one attached hydrogen (secondary N) is 1. The fraction of sp³-hybridized carbons (Fsp3) is 0.455. The van der Waals surface area contributed by atoms with E-state index in [9.17, 15) is 0 Å². The summed E-state index contributed by atoms with van der Waals surface area (Å²) in [6.45, 7) is 5.33. The van der Waals surface area contributed by atoms with Crippen LogP contribution in [0.25, 0.3) is 0 Å². The van der Waals surface area contributed by atoms with Crippen LogP contribution >= 0.6 is 15.9 Å². The number of likely N-dealkylation sites (N-methyl/N-ethyl adjacent to an activating group) is 1. The summed E-state index contributed by atoms with van der Waals surface area (Å²) >= 11 is 3.60. The molecule has 1 rings (SSSR count). The molecule has 0 fully saturated rings. The number of aryl methyl sites for hydroxylation is 1. The highest BCUT2D eigenvalue weighted by atomic mass is 79.9. The van der Waals surface area contributed by atoms with Crippen molar-refractivity contribution in [2.75, 3.05) is 13.6 Å². The van der Waals surface area contributed by atoms with E-state index in [4.69, 9.17) is 0 Å². The molecular formula is C11H16BrN. The van der Waals surface area contributed by atoms with Crippen LogP contribution in [0.4, 0.5) is 0 Å². The highest BCUT2D eigenvalue weighted by Gasteiger charge is 2.03. The Morgan fingerprint density at radius 1 is 1.31 bits per heavy atom. The molecule has 2 heteroatoms. The molecule has 0 atom stereocenters. The van der Waals surface area contributed by atoms with Gasteiger partial charge in [-0.2, -0.15) is 0 Å². The van der Waals surface area contributed by atoms with Gasteiger partial charge < -0.3 is 5.32 Å². The van der Waals surface area contributed by atoms with Gasteiger partial charge in [0.2, 0.25) is 0 Å². The van der Waals surface area contributed by atoms with Gasteiger partial charge in [0.05, 0.1) is 0 Å². The summed E-state index contributed by atoms with van der Waals surface area (Å²) in [5.41, 5.74) is 4.10. The first-order valence-electron chi connectivity index (χ1n) is 4.56. The van der Waals surface area contributed by atoms with Crippen LogP contribution in [0.5, 0.6) is 0 Å². The van der Waals surface area contributed by atoms with E-state index in [0.29, 0.717) is 0 Å². The Morgan fingerprint density at radius 2 is 2.00 bits per heavy atom. The number of hydrogen-bond acceptors (Lipinski definition) is 1. The SMILES string of the molecule is CNCCc1ccc(C)c(Br)c1C. The predicted molar refractivity (Wildman–Crippen MR) is 61.2 cm³/mol. The van der Waals surface area contributed by atoms with E-state index in [1.807, 2.05) is 7.05 Å². The minimum Gasteiger partial charge on any atom is -0.319 e. The third-order valence-electron chi connectivity index (χ3n) is 2.34. The van der Waals surface area contributed by atoms with Crippen molar-refractivity contribution in [3.63, 3.8) is 0 Å². The molecule has 0 unspecified atom stereocenters. The molecule has 13 heavy (non-hydrogen) atoms. The Morgan fingerprint density at radius 3 is 2.62 bits per heavy atom. The molecule has 0 radical (unpaired) electrons. The highest BCUT2D eigenvalue weighted by molar-refractivity contribution is 9.10. The van der Waals surface area contributed by atoms with Crippen molar-refractivity contribution in [3.8, 4) is 0 Å². The number of hydrogen-bond donors (Lipinski definition) is 1. The van der Waals surface area contributed by atoms with Crippen molar-refractivity contribution < 1.29 is 0 Å². The van der Waals surface area contributed by atoms with E-state index in [0.717, 1.165) is 13.0 Å². The standard InChI is InChI=1S/C11H16BrN/c1-8-4-5-10(6-7-13-3)9(2)11(8)12/h4-5,13H,6-7H2,1-3H3. The van der Waals surface area contributed by atoms with Crippen LogP contribution in [0.15, 0.2) is 16.6 Å². The summed E-state index contributed by atoms with van der Waals surface area (Å²) in [5.74, 6) is 0. The van der Waals surface area contributed by atoms with Crippen molar-refractivity contribution in [2.24, 2.45) is 0 Å². The summed E-state index contributed by atoms with van der Waals surface area (Å²) < 4.78 is 1.25. The molecule has 0 heterocycles. The van der Waals surface area contributed by atoms with Crippen LogP contribution in [-0.2, 0) is 6.42 Å². The molecule has 0 bridgehead atoms. The maximum atomic E-state index is 3.60. The molecule has 0 aliphatic heterocycles. The summed E-state index contributed by atoms with van der Waals surface area (Å²) in [5, 5.41) is 3.16. The van der Waals surface area contributed by atoms with Crippen LogP contribution in [-0.4, -0.2) is 13.6 Å². The van der Waals surface area contributed by atoms with Crippen LogP contribution in [0.3, 0.4) is 0 Å². The monoisotopic (exact) mass is 241 g/mol. The Kier molecular flexibility index (Phi) is 3.94. The number of halogens is 1. The van der Waals surface area contributed by atoms with Crippen molar-refractivity contribution in [1.82, 2.24) is 5.32 Å². The van der Waals surface area contributed by atoms with E-state index in [2.05, 4.69) is 47.2 Å². The molecule has 0 amide bonds. The second-order valence-electron chi connectivity index (χ2n) is 3.33.